The maximum atomic E-state index is 11.9. The van der Waals surface area contributed by atoms with Gasteiger partial charge in [0.15, 0.2) is 5.78 Å². The van der Waals surface area contributed by atoms with E-state index in [-0.39, 0.29) is 11.7 Å². The summed E-state index contributed by atoms with van der Waals surface area (Å²) in [6, 6.07) is 14.3. The molecule has 82 valence electrons. The number of carbonyl (C=O) groups is 1. The second-order valence-electron chi connectivity index (χ2n) is 4.19. The van der Waals surface area contributed by atoms with E-state index < -0.39 is 0 Å². The number of benzene rings is 2. The van der Waals surface area contributed by atoms with Gasteiger partial charge in [-0.3, -0.25) is 4.79 Å². The molecule has 1 aliphatic rings. The van der Waals surface area contributed by atoms with E-state index in [1.807, 2.05) is 36.4 Å². The molecule has 0 saturated carbocycles. The summed E-state index contributed by atoms with van der Waals surface area (Å²) in [6.45, 7) is 0. The van der Waals surface area contributed by atoms with Crippen LogP contribution in [0.5, 0.6) is 0 Å². The Kier molecular flexibility index (Phi) is 2.37. The van der Waals surface area contributed by atoms with Crippen molar-refractivity contribution < 1.29 is 4.79 Å². The monoisotopic (exact) mass is 220 g/mol. The van der Waals surface area contributed by atoms with Gasteiger partial charge >= 0.3 is 0 Å². The molecule has 1 atom stereocenters. The van der Waals surface area contributed by atoms with E-state index in [1.165, 1.54) is 5.39 Å². The number of rotatable bonds is 1. The lowest BCUT2D eigenvalue weighted by molar-refractivity contribution is -0.115. The highest BCUT2D eigenvalue weighted by atomic mass is 16.1. The van der Waals surface area contributed by atoms with E-state index >= 15 is 0 Å². The summed E-state index contributed by atoms with van der Waals surface area (Å²) in [7, 11) is 0. The van der Waals surface area contributed by atoms with E-state index in [9.17, 15) is 4.79 Å². The van der Waals surface area contributed by atoms with E-state index in [1.54, 1.807) is 12.2 Å². The highest BCUT2D eigenvalue weighted by molar-refractivity contribution is 6.01. The molecule has 0 fully saturated rings. The summed E-state index contributed by atoms with van der Waals surface area (Å²) in [5, 5.41) is 2.34. The molecule has 0 spiro atoms. The van der Waals surface area contributed by atoms with Crippen LogP contribution in [0.15, 0.2) is 66.8 Å². The molecule has 0 bridgehead atoms. The van der Waals surface area contributed by atoms with Crippen LogP contribution in [0.4, 0.5) is 0 Å². The predicted octanol–water partition coefficient (Wildman–Crippen LogP) is 3.62. The van der Waals surface area contributed by atoms with Crippen molar-refractivity contribution in [3.8, 4) is 0 Å². The van der Waals surface area contributed by atoms with Gasteiger partial charge in [-0.25, -0.2) is 0 Å². The molecular weight excluding hydrogens is 208 g/mol. The van der Waals surface area contributed by atoms with Crippen LogP contribution in [-0.2, 0) is 4.79 Å². The molecule has 0 aliphatic heterocycles. The average molecular weight is 220 g/mol. The van der Waals surface area contributed by atoms with E-state index in [2.05, 4.69) is 18.2 Å². The van der Waals surface area contributed by atoms with Crippen molar-refractivity contribution in [1.29, 1.82) is 0 Å². The maximum absolute atomic E-state index is 11.9. The Morgan fingerprint density at radius 1 is 0.882 bits per heavy atom. The van der Waals surface area contributed by atoms with Crippen LogP contribution in [0.25, 0.3) is 10.8 Å². The first-order chi connectivity index (χ1) is 8.36. The zero-order chi connectivity index (χ0) is 11.7. The molecule has 0 saturated heterocycles. The fourth-order valence-corrected chi connectivity index (χ4v) is 2.30. The maximum Gasteiger partial charge on any atom is 0.166 e. The second kappa shape index (κ2) is 4.02. The summed E-state index contributed by atoms with van der Waals surface area (Å²) in [5.41, 5.74) is 1.09. The van der Waals surface area contributed by atoms with Crippen molar-refractivity contribution >= 4 is 16.6 Å². The standard InChI is InChI=1S/C16H12O/c17-16-11-4-3-9-15(16)14-10-5-7-12-6-1-2-8-13(12)14/h1-11,15H. The summed E-state index contributed by atoms with van der Waals surface area (Å²) < 4.78 is 0. The van der Waals surface area contributed by atoms with Gasteiger partial charge in [0, 0.05) is 0 Å². The van der Waals surface area contributed by atoms with E-state index in [0.717, 1.165) is 10.9 Å². The fraction of sp³-hybridized carbons (Fsp3) is 0.0625. The van der Waals surface area contributed by atoms with Crippen molar-refractivity contribution in [2.45, 2.75) is 5.92 Å². The van der Waals surface area contributed by atoms with Crippen LogP contribution < -0.4 is 0 Å². The van der Waals surface area contributed by atoms with Gasteiger partial charge in [0.2, 0.25) is 0 Å². The Balaban J connectivity index is 2.21. The Morgan fingerprint density at radius 3 is 2.59 bits per heavy atom. The number of fused-ring (bicyclic) bond motifs is 1. The SMILES string of the molecule is O=C1C=CC=CC1c1cccc2ccccc12. The Labute approximate surface area is 100 Å². The van der Waals surface area contributed by atoms with Crippen LogP contribution in [0.1, 0.15) is 11.5 Å². The van der Waals surface area contributed by atoms with Crippen molar-refractivity contribution in [2.24, 2.45) is 0 Å². The van der Waals surface area contributed by atoms with Gasteiger partial charge in [0.1, 0.15) is 0 Å². The first-order valence-electron chi connectivity index (χ1n) is 5.72. The molecule has 1 heteroatoms. The van der Waals surface area contributed by atoms with E-state index in [0.29, 0.717) is 0 Å². The van der Waals surface area contributed by atoms with Crippen molar-refractivity contribution in [1.82, 2.24) is 0 Å². The minimum atomic E-state index is -0.133. The summed E-state index contributed by atoms with van der Waals surface area (Å²) in [4.78, 5) is 11.9. The van der Waals surface area contributed by atoms with Gasteiger partial charge in [-0.1, -0.05) is 60.7 Å². The third-order valence-electron chi connectivity index (χ3n) is 3.14. The summed E-state index contributed by atoms with van der Waals surface area (Å²) in [5.74, 6) is 0.0231. The van der Waals surface area contributed by atoms with Gasteiger partial charge < -0.3 is 0 Å². The first kappa shape index (κ1) is 10.0. The van der Waals surface area contributed by atoms with Crippen LogP contribution >= 0.6 is 0 Å². The highest BCUT2D eigenvalue weighted by Gasteiger charge is 2.18. The highest BCUT2D eigenvalue weighted by Crippen LogP contribution is 2.28. The van der Waals surface area contributed by atoms with Crippen LogP contribution in [-0.4, -0.2) is 5.78 Å². The molecule has 0 radical (unpaired) electrons. The zero-order valence-electron chi connectivity index (χ0n) is 9.34. The van der Waals surface area contributed by atoms with Gasteiger partial charge in [-0.15, -0.1) is 0 Å². The first-order valence-corrected chi connectivity index (χ1v) is 5.72. The average Bonchev–Trinajstić information content (AvgIpc) is 2.39. The largest absolute Gasteiger partial charge is 0.294 e. The van der Waals surface area contributed by atoms with Crippen LogP contribution in [0, 0.1) is 0 Å². The molecular formula is C16H12O. The molecule has 0 N–H and O–H groups in total. The molecule has 0 amide bonds. The number of hydrogen-bond donors (Lipinski definition) is 0. The molecule has 2 aromatic rings. The predicted molar refractivity (Wildman–Crippen MR) is 70.0 cm³/mol. The molecule has 1 unspecified atom stereocenters. The van der Waals surface area contributed by atoms with Gasteiger partial charge in [-0.05, 0) is 22.4 Å². The number of hydrogen-bond acceptors (Lipinski definition) is 1. The van der Waals surface area contributed by atoms with Gasteiger partial charge in [0.25, 0.3) is 0 Å². The number of ketones is 1. The lowest BCUT2D eigenvalue weighted by Gasteiger charge is -2.14. The molecule has 1 nitrogen and oxygen atoms in total. The van der Waals surface area contributed by atoms with Crippen LogP contribution in [0.3, 0.4) is 0 Å². The molecule has 17 heavy (non-hydrogen) atoms. The van der Waals surface area contributed by atoms with Gasteiger partial charge in [-0.2, -0.15) is 0 Å². The minimum absolute atomic E-state index is 0.133. The van der Waals surface area contributed by atoms with Crippen LogP contribution in [0.2, 0.25) is 0 Å². The quantitative estimate of drug-likeness (QED) is 0.717. The normalized spacial score (nSPS) is 18.8. The molecule has 2 aromatic carbocycles. The summed E-state index contributed by atoms with van der Waals surface area (Å²) >= 11 is 0. The second-order valence-corrected chi connectivity index (χ2v) is 4.19. The Hall–Kier alpha value is -2.15. The van der Waals surface area contributed by atoms with Crippen molar-refractivity contribution in [3.05, 3.63) is 72.3 Å². The smallest absolute Gasteiger partial charge is 0.166 e. The van der Waals surface area contributed by atoms with E-state index in [4.69, 9.17) is 0 Å². The molecule has 0 heterocycles. The Bertz CT molecular complexity index is 630. The lowest BCUT2D eigenvalue weighted by atomic mass is 9.88. The van der Waals surface area contributed by atoms with Gasteiger partial charge in [0.05, 0.1) is 5.92 Å². The van der Waals surface area contributed by atoms with Crippen molar-refractivity contribution in [2.75, 3.05) is 0 Å². The number of carbonyl (C=O) groups excluding carboxylic acids is 1. The Morgan fingerprint density at radius 2 is 1.71 bits per heavy atom. The fourth-order valence-electron chi connectivity index (χ4n) is 2.30. The topological polar surface area (TPSA) is 17.1 Å². The van der Waals surface area contributed by atoms with Crippen molar-refractivity contribution in [3.63, 3.8) is 0 Å². The third-order valence-corrected chi connectivity index (χ3v) is 3.14. The third kappa shape index (κ3) is 1.70. The lowest BCUT2D eigenvalue weighted by Crippen LogP contribution is -2.09. The summed E-state index contributed by atoms with van der Waals surface area (Å²) in [6.07, 6.45) is 7.34. The minimum Gasteiger partial charge on any atom is -0.294 e. The molecule has 1 aliphatic carbocycles. The molecule has 0 aromatic heterocycles. The zero-order valence-corrected chi connectivity index (χ0v) is 9.34. The molecule has 3 rings (SSSR count). The number of allylic oxidation sites excluding steroid dienone is 4.